The van der Waals surface area contributed by atoms with Gasteiger partial charge in [0.05, 0.1) is 12.5 Å². The molecule has 2 saturated carbocycles. The van der Waals surface area contributed by atoms with Gasteiger partial charge in [-0.2, -0.15) is 0 Å². The lowest BCUT2D eigenvalue weighted by Crippen LogP contribution is -2.59. The number of methoxy groups -OCH3 is 1. The molecule has 1 spiro atoms. The SMILES string of the molecule is COC(=O)C1(C)CC2(CC(N)C2)C1. The molecule has 0 aromatic rings. The van der Waals surface area contributed by atoms with E-state index in [9.17, 15) is 4.79 Å². The van der Waals surface area contributed by atoms with Crippen molar-refractivity contribution in [2.45, 2.75) is 38.6 Å². The molecular weight excluding hydrogens is 166 g/mol. The van der Waals surface area contributed by atoms with Crippen molar-refractivity contribution in [1.29, 1.82) is 0 Å². The Kier molecular flexibility index (Phi) is 1.71. The van der Waals surface area contributed by atoms with Gasteiger partial charge in [0.2, 0.25) is 0 Å². The summed E-state index contributed by atoms with van der Waals surface area (Å²) in [6.07, 6.45) is 4.14. The number of carbonyl (C=O) groups excluding carboxylic acids is 1. The molecule has 0 unspecified atom stereocenters. The van der Waals surface area contributed by atoms with Gasteiger partial charge < -0.3 is 10.5 Å². The summed E-state index contributed by atoms with van der Waals surface area (Å²) >= 11 is 0. The number of ether oxygens (including phenoxy) is 1. The summed E-state index contributed by atoms with van der Waals surface area (Å²) in [6, 6.07) is 0.377. The quantitative estimate of drug-likeness (QED) is 0.618. The number of esters is 1. The van der Waals surface area contributed by atoms with E-state index in [2.05, 4.69) is 0 Å². The number of hydrogen-bond donors (Lipinski definition) is 1. The molecule has 0 bridgehead atoms. The van der Waals surface area contributed by atoms with Crippen molar-refractivity contribution in [3.8, 4) is 0 Å². The molecule has 0 aromatic heterocycles. The van der Waals surface area contributed by atoms with Gasteiger partial charge in [0.15, 0.2) is 0 Å². The molecule has 0 saturated heterocycles. The maximum absolute atomic E-state index is 11.4. The molecule has 0 radical (unpaired) electrons. The standard InChI is InChI=1S/C10H17NO2/c1-9(8(12)13-2)5-10(6-9)3-7(11)4-10/h7H,3-6,11H2,1-2H3. The molecule has 2 rings (SSSR count). The van der Waals surface area contributed by atoms with E-state index in [0.717, 1.165) is 25.7 Å². The summed E-state index contributed by atoms with van der Waals surface area (Å²) in [5.74, 6) is -0.0569. The molecule has 3 heteroatoms. The van der Waals surface area contributed by atoms with Crippen LogP contribution in [0.5, 0.6) is 0 Å². The lowest BCUT2D eigenvalue weighted by molar-refractivity contribution is -0.176. The van der Waals surface area contributed by atoms with E-state index < -0.39 is 0 Å². The Labute approximate surface area is 78.6 Å². The van der Waals surface area contributed by atoms with Gasteiger partial charge >= 0.3 is 5.97 Å². The molecule has 2 fully saturated rings. The van der Waals surface area contributed by atoms with Gasteiger partial charge in [-0.25, -0.2) is 0 Å². The van der Waals surface area contributed by atoms with Crippen LogP contribution in [0, 0.1) is 10.8 Å². The minimum absolute atomic E-state index is 0.0569. The molecule has 2 aliphatic carbocycles. The molecular formula is C10H17NO2. The molecule has 74 valence electrons. The normalized spacial score (nSPS) is 48.1. The monoisotopic (exact) mass is 183 g/mol. The molecule has 0 amide bonds. The van der Waals surface area contributed by atoms with Crippen molar-refractivity contribution in [1.82, 2.24) is 0 Å². The summed E-state index contributed by atoms with van der Waals surface area (Å²) in [4.78, 5) is 11.4. The minimum atomic E-state index is -0.213. The Morgan fingerprint density at radius 2 is 2.00 bits per heavy atom. The lowest BCUT2D eigenvalue weighted by Gasteiger charge is -2.60. The molecule has 2 N–H and O–H groups in total. The van der Waals surface area contributed by atoms with E-state index in [-0.39, 0.29) is 11.4 Å². The maximum Gasteiger partial charge on any atom is 0.311 e. The number of carbonyl (C=O) groups is 1. The van der Waals surface area contributed by atoms with Gasteiger partial charge in [-0.05, 0) is 38.0 Å². The lowest BCUT2D eigenvalue weighted by atomic mass is 9.44. The van der Waals surface area contributed by atoms with E-state index in [4.69, 9.17) is 10.5 Å². The second-order valence-electron chi connectivity index (χ2n) is 5.07. The van der Waals surface area contributed by atoms with Gasteiger partial charge in [-0.1, -0.05) is 0 Å². The van der Waals surface area contributed by atoms with Gasteiger partial charge in [0.25, 0.3) is 0 Å². The number of hydrogen-bond acceptors (Lipinski definition) is 3. The second kappa shape index (κ2) is 2.47. The first-order chi connectivity index (χ1) is 6.00. The highest BCUT2D eigenvalue weighted by Crippen LogP contribution is 2.64. The highest BCUT2D eigenvalue weighted by molar-refractivity contribution is 5.77. The number of nitrogens with two attached hydrogens (primary N) is 1. The van der Waals surface area contributed by atoms with E-state index in [1.165, 1.54) is 7.11 Å². The first-order valence-corrected chi connectivity index (χ1v) is 4.84. The third-order valence-electron chi connectivity index (χ3n) is 3.60. The Morgan fingerprint density at radius 3 is 2.38 bits per heavy atom. The minimum Gasteiger partial charge on any atom is -0.469 e. The average Bonchev–Trinajstić information content (AvgIpc) is 1.97. The van der Waals surface area contributed by atoms with Crippen LogP contribution in [0.4, 0.5) is 0 Å². The van der Waals surface area contributed by atoms with Gasteiger partial charge in [-0.3, -0.25) is 4.79 Å². The van der Waals surface area contributed by atoms with Crippen molar-refractivity contribution in [3.05, 3.63) is 0 Å². The number of rotatable bonds is 1. The van der Waals surface area contributed by atoms with Gasteiger partial charge in [-0.15, -0.1) is 0 Å². The molecule has 0 aromatic carbocycles. The van der Waals surface area contributed by atoms with Crippen molar-refractivity contribution in [2.24, 2.45) is 16.6 Å². The summed E-state index contributed by atoms with van der Waals surface area (Å²) in [5, 5.41) is 0. The van der Waals surface area contributed by atoms with Crippen LogP contribution in [0.2, 0.25) is 0 Å². The van der Waals surface area contributed by atoms with Crippen LogP contribution in [0.1, 0.15) is 32.6 Å². The zero-order valence-corrected chi connectivity index (χ0v) is 8.30. The Morgan fingerprint density at radius 1 is 1.46 bits per heavy atom. The van der Waals surface area contributed by atoms with Crippen molar-refractivity contribution in [2.75, 3.05) is 7.11 Å². The zero-order valence-electron chi connectivity index (χ0n) is 8.30. The predicted octanol–water partition coefficient (Wildman–Crippen LogP) is 1.07. The van der Waals surface area contributed by atoms with Crippen LogP contribution in [-0.4, -0.2) is 19.1 Å². The molecule has 3 nitrogen and oxygen atoms in total. The molecule has 0 atom stereocenters. The summed E-state index contributed by atoms with van der Waals surface area (Å²) < 4.78 is 4.78. The molecule has 13 heavy (non-hydrogen) atoms. The first-order valence-electron chi connectivity index (χ1n) is 4.84. The fourth-order valence-electron chi connectivity index (χ4n) is 3.34. The van der Waals surface area contributed by atoms with E-state index in [1.807, 2.05) is 6.92 Å². The van der Waals surface area contributed by atoms with E-state index in [1.54, 1.807) is 0 Å². The van der Waals surface area contributed by atoms with Crippen LogP contribution in [0.25, 0.3) is 0 Å². The Balaban J connectivity index is 1.93. The van der Waals surface area contributed by atoms with Crippen molar-refractivity contribution in [3.63, 3.8) is 0 Å². The van der Waals surface area contributed by atoms with Crippen LogP contribution < -0.4 is 5.73 Å². The largest absolute Gasteiger partial charge is 0.469 e. The highest BCUT2D eigenvalue weighted by atomic mass is 16.5. The van der Waals surface area contributed by atoms with Crippen LogP contribution >= 0.6 is 0 Å². The third-order valence-corrected chi connectivity index (χ3v) is 3.60. The fourth-order valence-corrected chi connectivity index (χ4v) is 3.34. The third kappa shape index (κ3) is 1.17. The summed E-state index contributed by atoms with van der Waals surface area (Å²) in [7, 11) is 1.46. The first kappa shape index (κ1) is 9.00. The Hall–Kier alpha value is -0.570. The average molecular weight is 183 g/mol. The van der Waals surface area contributed by atoms with Crippen LogP contribution in [-0.2, 0) is 9.53 Å². The highest BCUT2D eigenvalue weighted by Gasteiger charge is 2.60. The smallest absolute Gasteiger partial charge is 0.311 e. The van der Waals surface area contributed by atoms with Crippen molar-refractivity contribution < 1.29 is 9.53 Å². The predicted molar refractivity (Wildman–Crippen MR) is 49.0 cm³/mol. The second-order valence-corrected chi connectivity index (χ2v) is 5.07. The van der Waals surface area contributed by atoms with Gasteiger partial charge in [0.1, 0.15) is 0 Å². The van der Waals surface area contributed by atoms with Crippen LogP contribution in [0.3, 0.4) is 0 Å². The van der Waals surface area contributed by atoms with Gasteiger partial charge in [0, 0.05) is 6.04 Å². The topological polar surface area (TPSA) is 52.3 Å². The zero-order chi connectivity index (χ0) is 9.69. The van der Waals surface area contributed by atoms with Crippen molar-refractivity contribution >= 4 is 5.97 Å². The van der Waals surface area contributed by atoms with Crippen LogP contribution in [0.15, 0.2) is 0 Å². The van der Waals surface area contributed by atoms with E-state index >= 15 is 0 Å². The summed E-state index contributed by atoms with van der Waals surface area (Å²) in [6.45, 7) is 1.99. The molecule has 0 heterocycles. The summed E-state index contributed by atoms with van der Waals surface area (Å²) in [5.41, 5.74) is 5.94. The Bertz CT molecular complexity index is 235. The fraction of sp³-hybridized carbons (Fsp3) is 0.900. The van der Waals surface area contributed by atoms with E-state index in [0.29, 0.717) is 11.5 Å². The molecule has 2 aliphatic rings. The maximum atomic E-state index is 11.4. The molecule has 0 aliphatic heterocycles.